The minimum Gasteiger partial charge on any atom is -0.363 e. The van der Waals surface area contributed by atoms with Gasteiger partial charge < -0.3 is 9.47 Å². The van der Waals surface area contributed by atoms with Gasteiger partial charge in [-0.1, -0.05) is 54.6 Å². The molecule has 1 aliphatic heterocycles. The first-order valence-corrected chi connectivity index (χ1v) is 18.2. The highest BCUT2D eigenvalue weighted by Gasteiger charge is 2.23. The van der Waals surface area contributed by atoms with Gasteiger partial charge in [-0.3, -0.25) is 9.97 Å². The summed E-state index contributed by atoms with van der Waals surface area (Å²) in [6.45, 7) is 1.57. The van der Waals surface area contributed by atoms with Gasteiger partial charge in [-0.05, 0) is 153 Å². The molecule has 0 unspecified atom stereocenters. The van der Waals surface area contributed by atoms with Crippen LogP contribution in [0.3, 0.4) is 0 Å². The second kappa shape index (κ2) is 13.0. The summed E-state index contributed by atoms with van der Waals surface area (Å²) in [7, 11) is 0. The summed E-state index contributed by atoms with van der Waals surface area (Å²) < 4.78 is 2.34. The van der Waals surface area contributed by atoms with Crippen LogP contribution in [-0.4, -0.2) is 14.5 Å². The number of para-hydroxylation sites is 2. The number of pyridine rings is 2. The molecule has 1 aliphatic rings. The lowest BCUT2D eigenvalue weighted by atomic mass is 9.90. The Labute approximate surface area is 313 Å². The summed E-state index contributed by atoms with van der Waals surface area (Å²) in [6.07, 6.45) is 7.40. The van der Waals surface area contributed by atoms with Gasteiger partial charge in [0.1, 0.15) is 0 Å². The van der Waals surface area contributed by atoms with Crippen LogP contribution in [0.5, 0.6) is 0 Å². The third-order valence-electron chi connectivity index (χ3n) is 10.7. The lowest BCUT2D eigenvalue weighted by Crippen LogP contribution is -2.20. The lowest BCUT2D eigenvalue weighted by molar-refractivity contribution is 0.812. The van der Waals surface area contributed by atoms with E-state index in [1.807, 2.05) is 36.9 Å². The topological polar surface area (TPSA) is 57.7 Å². The maximum absolute atomic E-state index is 9.73. The fourth-order valence-corrected chi connectivity index (χ4v) is 8.06. The highest BCUT2D eigenvalue weighted by Crippen LogP contribution is 2.41. The number of hydrogen-bond donors (Lipinski definition) is 0. The van der Waals surface area contributed by atoms with Crippen LogP contribution in [0.2, 0.25) is 0 Å². The minimum absolute atomic E-state index is 0.662. The summed E-state index contributed by atoms with van der Waals surface area (Å²) in [5.41, 5.74) is 17.0. The van der Waals surface area contributed by atoms with Crippen molar-refractivity contribution in [3.8, 4) is 56.3 Å². The molecule has 0 fully saturated rings. The quantitative estimate of drug-likeness (QED) is 0.180. The van der Waals surface area contributed by atoms with E-state index in [1.165, 1.54) is 27.9 Å². The van der Waals surface area contributed by atoms with E-state index in [9.17, 15) is 5.26 Å². The Morgan fingerprint density at radius 3 is 1.72 bits per heavy atom. The van der Waals surface area contributed by atoms with E-state index in [0.717, 1.165) is 74.0 Å². The molecule has 0 N–H and O–H groups in total. The van der Waals surface area contributed by atoms with Gasteiger partial charge in [0, 0.05) is 60.0 Å². The third kappa shape index (κ3) is 5.49. The predicted molar refractivity (Wildman–Crippen MR) is 219 cm³/mol. The first-order valence-electron chi connectivity index (χ1n) is 18.2. The van der Waals surface area contributed by atoms with E-state index in [4.69, 9.17) is 0 Å². The van der Waals surface area contributed by atoms with Crippen LogP contribution in [0, 0.1) is 11.3 Å². The molecule has 10 rings (SSSR count). The Bertz CT molecular complexity index is 2830. The van der Waals surface area contributed by atoms with Crippen molar-refractivity contribution in [3.05, 3.63) is 193 Å². The number of hydrogen-bond acceptors (Lipinski definition) is 4. The first-order chi connectivity index (χ1) is 26.7. The zero-order valence-electron chi connectivity index (χ0n) is 29.4. The van der Waals surface area contributed by atoms with Crippen molar-refractivity contribution in [1.29, 1.82) is 5.26 Å². The van der Waals surface area contributed by atoms with Crippen molar-refractivity contribution < 1.29 is 0 Å². The van der Waals surface area contributed by atoms with Gasteiger partial charge in [-0.25, -0.2) is 0 Å². The number of fused-ring (bicyclic) bond motifs is 6. The predicted octanol–water partition coefficient (Wildman–Crippen LogP) is 11.6. The van der Waals surface area contributed by atoms with Crippen molar-refractivity contribution in [1.82, 2.24) is 14.5 Å². The molecular weight excluding hydrogens is 659 g/mol. The maximum Gasteiger partial charge on any atom is 0.0991 e. The summed E-state index contributed by atoms with van der Waals surface area (Å²) in [6, 6.07) is 56.5. The molecule has 0 spiro atoms. The van der Waals surface area contributed by atoms with Crippen molar-refractivity contribution in [2.45, 2.75) is 13.1 Å². The number of nitriles is 1. The number of anilines is 1. The summed E-state index contributed by atoms with van der Waals surface area (Å²) in [5.74, 6) is 0. The molecule has 6 aromatic carbocycles. The normalized spacial score (nSPS) is 12.2. The smallest absolute Gasteiger partial charge is 0.0991 e. The van der Waals surface area contributed by atoms with Crippen LogP contribution in [-0.2, 0) is 13.1 Å². The van der Waals surface area contributed by atoms with Crippen LogP contribution in [0.1, 0.15) is 16.7 Å². The fraction of sp³-hybridized carbons (Fsp3) is 0.0408. The second-order valence-corrected chi connectivity index (χ2v) is 13.9. The van der Waals surface area contributed by atoms with E-state index in [1.54, 1.807) is 0 Å². The first kappa shape index (κ1) is 31.4. The van der Waals surface area contributed by atoms with Crippen LogP contribution in [0.25, 0.3) is 72.0 Å². The van der Waals surface area contributed by atoms with E-state index in [0.29, 0.717) is 5.56 Å². The molecule has 0 atom stereocenters. The molecule has 0 amide bonds. The Morgan fingerprint density at radius 1 is 0.444 bits per heavy atom. The van der Waals surface area contributed by atoms with Gasteiger partial charge >= 0.3 is 0 Å². The molecular formula is C49H33N5. The van der Waals surface area contributed by atoms with Gasteiger partial charge in [-0.15, -0.1) is 0 Å². The van der Waals surface area contributed by atoms with Crippen molar-refractivity contribution in [2.24, 2.45) is 0 Å². The van der Waals surface area contributed by atoms with Crippen LogP contribution in [0.4, 0.5) is 5.69 Å². The number of rotatable bonds is 5. The SMILES string of the molecule is N#Cc1ccc2c(c1)c1ccccc1n2-c1ccc2c(c1)-c1cc(-c3cc(-c4ccncc4)cc(-c4ccncc4)c3)ccc1CN(c1ccccc1)C2. The largest absolute Gasteiger partial charge is 0.363 e. The van der Waals surface area contributed by atoms with Crippen molar-refractivity contribution in [3.63, 3.8) is 0 Å². The van der Waals surface area contributed by atoms with Gasteiger partial charge in [0.15, 0.2) is 0 Å². The minimum atomic E-state index is 0.662. The van der Waals surface area contributed by atoms with Crippen molar-refractivity contribution in [2.75, 3.05) is 4.90 Å². The van der Waals surface area contributed by atoms with Gasteiger partial charge in [0.05, 0.1) is 22.7 Å². The standard InChI is InChI=1S/C49H33N5/c50-30-33-10-15-49-47(24-33)44-8-4-5-9-48(44)54(49)43-14-13-38-32-53(42-6-2-1-3-7-42)31-37-12-11-36(28-45(37)46(38)29-43)41-26-39(34-16-20-51-21-17-34)25-40(27-41)35-18-22-52-23-19-35/h1-29H,31-32H2. The molecule has 0 bridgehead atoms. The highest BCUT2D eigenvalue weighted by atomic mass is 15.1. The number of benzene rings is 6. The molecule has 0 saturated heterocycles. The number of nitrogens with zero attached hydrogens (tertiary/aromatic N) is 5. The summed E-state index contributed by atoms with van der Waals surface area (Å²) >= 11 is 0. The monoisotopic (exact) mass is 691 g/mol. The molecule has 0 aliphatic carbocycles. The molecule has 5 heteroatoms. The second-order valence-electron chi connectivity index (χ2n) is 13.9. The average molecular weight is 692 g/mol. The van der Waals surface area contributed by atoms with Gasteiger partial charge in [0.25, 0.3) is 0 Å². The zero-order chi connectivity index (χ0) is 36.0. The zero-order valence-corrected chi connectivity index (χ0v) is 29.4. The number of aromatic nitrogens is 3. The van der Waals surface area contributed by atoms with Crippen molar-refractivity contribution >= 4 is 27.5 Å². The van der Waals surface area contributed by atoms with Gasteiger partial charge in [-0.2, -0.15) is 5.26 Å². The molecule has 4 heterocycles. The molecule has 0 radical (unpaired) electrons. The van der Waals surface area contributed by atoms with E-state index >= 15 is 0 Å². The Balaban J connectivity index is 1.18. The Kier molecular flexibility index (Phi) is 7.59. The Hall–Kier alpha value is -7.29. The Morgan fingerprint density at radius 2 is 1.04 bits per heavy atom. The van der Waals surface area contributed by atoms with E-state index in [-0.39, 0.29) is 0 Å². The molecule has 9 aromatic rings. The van der Waals surface area contributed by atoms with Gasteiger partial charge in [0.2, 0.25) is 0 Å². The third-order valence-corrected chi connectivity index (χ3v) is 10.7. The average Bonchev–Trinajstić information content (AvgIpc) is 3.48. The molecule has 254 valence electrons. The van der Waals surface area contributed by atoms with E-state index < -0.39 is 0 Å². The summed E-state index contributed by atoms with van der Waals surface area (Å²) in [5, 5.41) is 11.9. The molecule has 0 saturated carbocycles. The van der Waals surface area contributed by atoms with E-state index in [2.05, 4.69) is 165 Å². The lowest BCUT2D eigenvalue weighted by Gasteiger charge is -2.24. The maximum atomic E-state index is 9.73. The molecule has 54 heavy (non-hydrogen) atoms. The van der Waals surface area contributed by atoms with Crippen LogP contribution >= 0.6 is 0 Å². The summed E-state index contributed by atoms with van der Waals surface area (Å²) in [4.78, 5) is 11.0. The molecule has 5 nitrogen and oxygen atoms in total. The fourth-order valence-electron chi connectivity index (χ4n) is 8.06. The van der Waals surface area contributed by atoms with Crippen LogP contribution in [0.15, 0.2) is 176 Å². The molecule has 3 aromatic heterocycles. The van der Waals surface area contributed by atoms with Crippen LogP contribution < -0.4 is 4.90 Å². The highest BCUT2D eigenvalue weighted by molar-refractivity contribution is 6.09.